The van der Waals surface area contributed by atoms with E-state index in [1.54, 1.807) is 12.0 Å². The first-order valence-corrected chi connectivity index (χ1v) is 10.4. The topological polar surface area (TPSA) is 66.8 Å². The van der Waals surface area contributed by atoms with Crippen LogP contribution in [0.15, 0.2) is 48.0 Å². The van der Waals surface area contributed by atoms with Gasteiger partial charge in [0.2, 0.25) is 0 Å². The minimum Gasteiger partial charge on any atom is -0.507 e. The maximum absolute atomic E-state index is 13.2. The number of ketones is 1. The highest BCUT2D eigenvalue weighted by Gasteiger charge is 2.50. The van der Waals surface area contributed by atoms with E-state index >= 15 is 0 Å². The van der Waals surface area contributed by atoms with Crippen molar-refractivity contribution in [3.63, 3.8) is 0 Å². The highest BCUT2D eigenvalue weighted by Crippen LogP contribution is 2.46. The zero-order valence-electron chi connectivity index (χ0n) is 17.6. The number of aliphatic hydroxyl groups excluding tert-OH is 1. The second-order valence-electron chi connectivity index (χ2n) is 8.20. The third kappa shape index (κ3) is 3.28. The average Bonchev–Trinajstić information content (AvgIpc) is 3.36. The molecule has 5 nitrogen and oxygen atoms in total. The highest BCUT2D eigenvalue weighted by molar-refractivity contribution is 6.46. The number of aryl methyl sites for hydroxylation is 2. The van der Waals surface area contributed by atoms with Gasteiger partial charge in [0.05, 0.1) is 18.7 Å². The lowest BCUT2D eigenvalue weighted by Gasteiger charge is -2.31. The molecule has 1 amide bonds. The molecule has 1 aliphatic heterocycles. The number of carbonyl (C=O) groups is 2. The fourth-order valence-electron chi connectivity index (χ4n) is 4.74. The van der Waals surface area contributed by atoms with E-state index in [4.69, 9.17) is 4.74 Å². The Morgan fingerprint density at radius 2 is 1.77 bits per heavy atom. The first-order chi connectivity index (χ1) is 14.4. The van der Waals surface area contributed by atoms with Crippen molar-refractivity contribution in [1.82, 2.24) is 4.90 Å². The number of ether oxygens (including phenoxy) is 1. The van der Waals surface area contributed by atoms with Crippen LogP contribution in [-0.2, 0) is 9.59 Å². The smallest absolute Gasteiger partial charge is 0.295 e. The summed E-state index contributed by atoms with van der Waals surface area (Å²) < 4.78 is 5.56. The van der Waals surface area contributed by atoms with E-state index in [2.05, 4.69) is 0 Å². The molecule has 1 N–H and O–H groups in total. The quantitative estimate of drug-likeness (QED) is 0.456. The molecule has 0 bridgehead atoms. The van der Waals surface area contributed by atoms with Crippen molar-refractivity contribution < 1.29 is 19.4 Å². The summed E-state index contributed by atoms with van der Waals surface area (Å²) in [5.74, 6) is -0.689. The molecule has 2 fully saturated rings. The van der Waals surface area contributed by atoms with Gasteiger partial charge < -0.3 is 14.7 Å². The van der Waals surface area contributed by atoms with Crippen molar-refractivity contribution in [2.24, 2.45) is 0 Å². The molecule has 1 unspecified atom stereocenters. The van der Waals surface area contributed by atoms with Gasteiger partial charge in [-0.1, -0.05) is 48.7 Å². The predicted molar refractivity (Wildman–Crippen MR) is 115 cm³/mol. The lowest BCUT2D eigenvalue weighted by Crippen LogP contribution is -2.37. The summed E-state index contributed by atoms with van der Waals surface area (Å²) in [6.07, 6.45) is 3.79. The van der Waals surface area contributed by atoms with Crippen LogP contribution in [0.4, 0.5) is 0 Å². The van der Waals surface area contributed by atoms with Crippen molar-refractivity contribution >= 4 is 17.4 Å². The summed E-state index contributed by atoms with van der Waals surface area (Å²) in [7, 11) is 1.57. The molecule has 4 rings (SSSR count). The third-order valence-corrected chi connectivity index (χ3v) is 6.28. The Labute approximate surface area is 177 Å². The summed E-state index contributed by atoms with van der Waals surface area (Å²) >= 11 is 0. The predicted octanol–water partition coefficient (Wildman–Crippen LogP) is 4.68. The molecule has 1 saturated heterocycles. The van der Waals surface area contributed by atoms with Crippen LogP contribution >= 0.6 is 0 Å². The molecule has 1 saturated carbocycles. The molecule has 0 spiro atoms. The summed E-state index contributed by atoms with van der Waals surface area (Å²) in [6.45, 7) is 3.82. The van der Waals surface area contributed by atoms with Gasteiger partial charge in [-0.2, -0.15) is 0 Å². The Bertz CT molecular complexity index is 1030. The fourth-order valence-corrected chi connectivity index (χ4v) is 4.74. The highest BCUT2D eigenvalue weighted by atomic mass is 16.5. The molecular weight excluding hydrogens is 378 g/mol. The zero-order chi connectivity index (χ0) is 21.4. The van der Waals surface area contributed by atoms with E-state index in [9.17, 15) is 14.7 Å². The Kier molecular flexibility index (Phi) is 5.37. The van der Waals surface area contributed by atoms with Crippen molar-refractivity contribution in [3.05, 3.63) is 70.3 Å². The minimum atomic E-state index is -0.663. The van der Waals surface area contributed by atoms with Gasteiger partial charge in [-0.05, 0) is 44.4 Å². The standard InChI is InChI=1S/C25H27NO4/c1-15-12-13-16(2)19(14-15)23(27)21-22(18-10-6-7-11-20(18)30-3)26(25(29)24(21)28)17-8-4-5-9-17/h6-7,10-14,17,22,27H,4-5,8-9H2,1-3H3/b23-21+. The molecule has 0 radical (unpaired) electrons. The molecule has 2 aromatic rings. The van der Waals surface area contributed by atoms with Gasteiger partial charge in [0, 0.05) is 17.2 Å². The van der Waals surface area contributed by atoms with E-state index in [1.165, 1.54) is 0 Å². The lowest BCUT2D eigenvalue weighted by molar-refractivity contribution is -0.141. The first-order valence-electron chi connectivity index (χ1n) is 10.4. The Hall–Kier alpha value is -3.08. The second-order valence-corrected chi connectivity index (χ2v) is 8.20. The number of hydrogen-bond donors (Lipinski definition) is 1. The Morgan fingerprint density at radius 1 is 1.07 bits per heavy atom. The van der Waals surface area contributed by atoms with Crippen molar-refractivity contribution in [2.75, 3.05) is 7.11 Å². The van der Waals surface area contributed by atoms with Crippen molar-refractivity contribution in [3.8, 4) is 5.75 Å². The number of methoxy groups -OCH3 is 1. The molecule has 156 valence electrons. The minimum absolute atomic E-state index is 0.0136. The average molecular weight is 405 g/mol. The van der Waals surface area contributed by atoms with Gasteiger partial charge in [0.25, 0.3) is 11.7 Å². The lowest BCUT2D eigenvalue weighted by atomic mass is 9.92. The van der Waals surface area contributed by atoms with Crippen LogP contribution in [0.1, 0.15) is 54.0 Å². The van der Waals surface area contributed by atoms with E-state index in [1.807, 2.05) is 56.3 Å². The Morgan fingerprint density at radius 3 is 2.47 bits per heavy atom. The fraction of sp³-hybridized carbons (Fsp3) is 0.360. The van der Waals surface area contributed by atoms with Gasteiger partial charge in [0.15, 0.2) is 0 Å². The summed E-state index contributed by atoms with van der Waals surface area (Å²) in [5, 5.41) is 11.3. The Balaban J connectivity index is 1.96. The maximum Gasteiger partial charge on any atom is 0.295 e. The number of para-hydroxylation sites is 1. The number of Topliss-reactive ketones (excluding diaryl/α,β-unsaturated/α-hetero) is 1. The summed E-state index contributed by atoms with van der Waals surface area (Å²) in [6, 6.07) is 12.5. The van der Waals surface area contributed by atoms with E-state index in [-0.39, 0.29) is 17.4 Å². The van der Waals surface area contributed by atoms with Crippen molar-refractivity contribution in [2.45, 2.75) is 51.6 Å². The van der Waals surface area contributed by atoms with Crippen LogP contribution in [0.25, 0.3) is 5.76 Å². The van der Waals surface area contributed by atoms with Crippen LogP contribution < -0.4 is 4.74 Å². The van der Waals surface area contributed by atoms with Gasteiger partial charge in [-0.15, -0.1) is 0 Å². The zero-order valence-corrected chi connectivity index (χ0v) is 17.6. The van der Waals surface area contributed by atoms with Crippen LogP contribution in [0.5, 0.6) is 5.75 Å². The van der Waals surface area contributed by atoms with E-state index < -0.39 is 17.7 Å². The number of carbonyl (C=O) groups excluding carboxylic acids is 2. The van der Waals surface area contributed by atoms with Gasteiger partial charge in [-0.25, -0.2) is 0 Å². The molecule has 1 atom stereocenters. The van der Waals surface area contributed by atoms with Crippen LogP contribution in [0, 0.1) is 13.8 Å². The molecule has 1 aliphatic carbocycles. The normalized spacial score (nSPS) is 21.4. The van der Waals surface area contributed by atoms with Crippen LogP contribution in [0.3, 0.4) is 0 Å². The maximum atomic E-state index is 13.2. The number of aliphatic hydroxyl groups is 1. The van der Waals surface area contributed by atoms with E-state index in [0.29, 0.717) is 11.3 Å². The molecular formula is C25H27NO4. The number of rotatable bonds is 4. The molecule has 30 heavy (non-hydrogen) atoms. The number of hydrogen-bond acceptors (Lipinski definition) is 4. The molecule has 2 aliphatic rings. The number of nitrogens with zero attached hydrogens (tertiary/aromatic N) is 1. The van der Waals surface area contributed by atoms with Crippen LogP contribution in [-0.4, -0.2) is 34.8 Å². The SMILES string of the molecule is COc1ccccc1C1/C(=C(\O)c2cc(C)ccc2C)C(=O)C(=O)N1C1CCCC1. The molecule has 0 aromatic heterocycles. The monoisotopic (exact) mass is 405 g/mol. The third-order valence-electron chi connectivity index (χ3n) is 6.28. The summed E-state index contributed by atoms with van der Waals surface area (Å²) in [4.78, 5) is 28.1. The molecule has 2 aromatic carbocycles. The van der Waals surface area contributed by atoms with Gasteiger partial charge in [0.1, 0.15) is 11.5 Å². The number of benzene rings is 2. The number of amides is 1. The van der Waals surface area contributed by atoms with Gasteiger partial charge in [-0.3, -0.25) is 9.59 Å². The molecule has 1 heterocycles. The largest absolute Gasteiger partial charge is 0.507 e. The summed E-state index contributed by atoms with van der Waals surface area (Å²) in [5.41, 5.74) is 3.27. The number of likely N-dealkylation sites (tertiary alicyclic amines) is 1. The van der Waals surface area contributed by atoms with Gasteiger partial charge >= 0.3 is 0 Å². The second kappa shape index (κ2) is 7.98. The van der Waals surface area contributed by atoms with E-state index in [0.717, 1.165) is 42.4 Å². The van der Waals surface area contributed by atoms with Crippen LogP contribution in [0.2, 0.25) is 0 Å². The first kappa shape index (κ1) is 20.2. The molecule has 5 heteroatoms. The van der Waals surface area contributed by atoms with Crippen molar-refractivity contribution in [1.29, 1.82) is 0 Å².